The Morgan fingerprint density at radius 1 is 1.24 bits per heavy atom. The van der Waals surface area contributed by atoms with Crippen LogP contribution in [0, 0.1) is 5.82 Å². The van der Waals surface area contributed by atoms with Gasteiger partial charge in [-0.25, -0.2) is 4.39 Å². The number of benzene rings is 1. The minimum absolute atomic E-state index is 0.299. The summed E-state index contributed by atoms with van der Waals surface area (Å²) in [5.74, 6) is 0.943. The Morgan fingerprint density at radius 2 is 2.05 bits per heavy atom. The van der Waals surface area contributed by atoms with Gasteiger partial charge in [-0.1, -0.05) is 6.07 Å². The molecule has 0 heterocycles. The molecular weight excluding hydrogens is 273 g/mol. The standard InChI is InChI=1S/C15H24FN3O2/c1-3-20-10-5-8-18-15(17-2)19-9-11-21-14-7-4-6-13(16)12-14/h4,6-7,12H,3,5,8-11H2,1-2H3,(H2,17,18,19). The fourth-order valence-corrected chi connectivity index (χ4v) is 1.64. The third-order valence-electron chi connectivity index (χ3n) is 2.64. The molecule has 0 saturated carbocycles. The molecule has 0 saturated heterocycles. The first-order chi connectivity index (χ1) is 10.3. The largest absolute Gasteiger partial charge is 0.492 e. The van der Waals surface area contributed by atoms with Gasteiger partial charge in [0.15, 0.2) is 5.96 Å². The molecule has 1 rings (SSSR count). The van der Waals surface area contributed by atoms with E-state index in [-0.39, 0.29) is 5.82 Å². The summed E-state index contributed by atoms with van der Waals surface area (Å²) in [6.45, 7) is 5.27. The van der Waals surface area contributed by atoms with Gasteiger partial charge < -0.3 is 20.1 Å². The highest BCUT2D eigenvalue weighted by Crippen LogP contribution is 2.11. The highest BCUT2D eigenvalue weighted by atomic mass is 19.1. The first kappa shape index (κ1) is 17.2. The quantitative estimate of drug-likeness (QED) is 0.414. The molecule has 0 bridgehead atoms. The second-order valence-electron chi connectivity index (χ2n) is 4.28. The van der Waals surface area contributed by atoms with E-state index in [4.69, 9.17) is 9.47 Å². The molecule has 0 atom stereocenters. The molecule has 0 radical (unpaired) electrons. The third kappa shape index (κ3) is 8.14. The number of nitrogens with one attached hydrogen (secondary N) is 2. The van der Waals surface area contributed by atoms with E-state index in [1.165, 1.54) is 12.1 Å². The van der Waals surface area contributed by atoms with Crippen LogP contribution in [0.1, 0.15) is 13.3 Å². The molecule has 0 spiro atoms. The van der Waals surface area contributed by atoms with Crippen molar-refractivity contribution in [3.8, 4) is 5.75 Å². The Bertz CT molecular complexity index is 427. The smallest absolute Gasteiger partial charge is 0.191 e. The molecule has 2 N–H and O–H groups in total. The van der Waals surface area contributed by atoms with Crippen molar-refractivity contribution in [3.63, 3.8) is 0 Å². The zero-order valence-electron chi connectivity index (χ0n) is 12.7. The van der Waals surface area contributed by atoms with Crippen molar-refractivity contribution < 1.29 is 13.9 Å². The lowest BCUT2D eigenvalue weighted by molar-refractivity contribution is 0.145. The fourth-order valence-electron chi connectivity index (χ4n) is 1.64. The summed E-state index contributed by atoms with van der Waals surface area (Å²) in [6.07, 6.45) is 0.925. The molecule has 0 unspecified atom stereocenters. The molecule has 1 aromatic rings. The maximum atomic E-state index is 13.0. The zero-order valence-corrected chi connectivity index (χ0v) is 12.7. The maximum absolute atomic E-state index is 13.0. The Labute approximate surface area is 125 Å². The molecule has 0 fully saturated rings. The minimum Gasteiger partial charge on any atom is -0.492 e. The predicted molar refractivity (Wildman–Crippen MR) is 82.4 cm³/mol. The first-order valence-corrected chi connectivity index (χ1v) is 7.17. The summed E-state index contributed by atoms with van der Waals surface area (Å²) in [5, 5.41) is 6.30. The van der Waals surface area contributed by atoms with Gasteiger partial charge in [0.25, 0.3) is 0 Å². The molecule has 1 aromatic carbocycles. The highest BCUT2D eigenvalue weighted by molar-refractivity contribution is 5.79. The number of guanidine groups is 1. The van der Waals surface area contributed by atoms with E-state index in [2.05, 4.69) is 15.6 Å². The van der Waals surface area contributed by atoms with E-state index in [1.807, 2.05) is 6.92 Å². The van der Waals surface area contributed by atoms with Gasteiger partial charge in [-0.2, -0.15) is 0 Å². The van der Waals surface area contributed by atoms with Crippen LogP contribution in [-0.2, 0) is 4.74 Å². The predicted octanol–water partition coefficient (Wildman–Crippen LogP) is 1.80. The third-order valence-corrected chi connectivity index (χ3v) is 2.64. The van der Waals surface area contributed by atoms with Crippen LogP contribution in [-0.4, -0.2) is 45.9 Å². The van der Waals surface area contributed by atoms with E-state index in [9.17, 15) is 4.39 Å². The van der Waals surface area contributed by atoms with Crippen LogP contribution in [0.2, 0.25) is 0 Å². The molecule has 118 valence electrons. The summed E-state index contributed by atoms with van der Waals surface area (Å²) in [4.78, 5) is 4.10. The van der Waals surface area contributed by atoms with Crippen molar-refractivity contribution in [2.75, 3.05) is 40.0 Å². The van der Waals surface area contributed by atoms with Crippen LogP contribution in [0.4, 0.5) is 4.39 Å². The van der Waals surface area contributed by atoms with Gasteiger partial charge in [-0.05, 0) is 25.5 Å². The monoisotopic (exact) mass is 297 g/mol. The minimum atomic E-state index is -0.299. The number of rotatable bonds is 9. The number of halogens is 1. The lowest BCUT2D eigenvalue weighted by Crippen LogP contribution is -2.39. The molecule has 0 aliphatic rings. The van der Waals surface area contributed by atoms with E-state index >= 15 is 0 Å². The average molecular weight is 297 g/mol. The molecule has 0 aliphatic heterocycles. The van der Waals surface area contributed by atoms with Crippen molar-refractivity contribution in [2.24, 2.45) is 4.99 Å². The molecule has 5 nitrogen and oxygen atoms in total. The van der Waals surface area contributed by atoms with Gasteiger partial charge in [-0.3, -0.25) is 4.99 Å². The van der Waals surface area contributed by atoms with Gasteiger partial charge in [-0.15, -0.1) is 0 Å². The second-order valence-corrected chi connectivity index (χ2v) is 4.28. The summed E-state index contributed by atoms with van der Waals surface area (Å²) >= 11 is 0. The van der Waals surface area contributed by atoms with E-state index < -0.39 is 0 Å². The van der Waals surface area contributed by atoms with Crippen molar-refractivity contribution >= 4 is 5.96 Å². The molecular formula is C15H24FN3O2. The normalized spacial score (nSPS) is 11.3. The van der Waals surface area contributed by atoms with Gasteiger partial charge >= 0.3 is 0 Å². The lowest BCUT2D eigenvalue weighted by atomic mass is 10.3. The Kier molecular flexibility index (Phi) is 8.95. The first-order valence-electron chi connectivity index (χ1n) is 7.17. The van der Waals surface area contributed by atoms with Crippen molar-refractivity contribution in [3.05, 3.63) is 30.1 Å². The number of ether oxygens (including phenoxy) is 2. The number of hydrogen-bond acceptors (Lipinski definition) is 3. The number of hydrogen-bond donors (Lipinski definition) is 2. The van der Waals surface area contributed by atoms with Crippen molar-refractivity contribution in [1.29, 1.82) is 0 Å². The van der Waals surface area contributed by atoms with E-state index in [0.29, 0.717) is 24.9 Å². The highest BCUT2D eigenvalue weighted by Gasteiger charge is 1.98. The second kappa shape index (κ2) is 10.9. The van der Waals surface area contributed by atoms with Gasteiger partial charge in [0.2, 0.25) is 0 Å². The van der Waals surface area contributed by atoms with Gasteiger partial charge in [0, 0.05) is 32.9 Å². The van der Waals surface area contributed by atoms with Crippen LogP contribution in [0.15, 0.2) is 29.3 Å². The fraction of sp³-hybridized carbons (Fsp3) is 0.533. The Hall–Kier alpha value is -1.82. The molecule has 0 amide bonds. The van der Waals surface area contributed by atoms with Crippen LogP contribution >= 0.6 is 0 Å². The van der Waals surface area contributed by atoms with Crippen molar-refractivity contribution in [2.45, 2.75) is 13.3 Å². The van der Waals surface area contributed by atoms with Crippen LogP contribution < -0.4 is 15.4 Å². The summed E-state index contributed by atoms with van der Waals surface area (Å²) in [7, 11) is 1.71. The van der Waals surface area contributed by atoms with Crippen LogP contribution in [0.3, 0.4) is 0 Å². The molecule has 6 heteroatoms. The zero-order chi connectivity index (χ0) is 15.3. The Morgan fingerprint density at radius 3 is 2.76 bits per heavy atom. The van der Waals surface area contributed by atoms with E-state index in [1.54, 1.807) is 19.2 Å². The van der Waals surface area contributed by atoms with Crippen molar-refractivity contribution in [1.82, 2.24) is 10.6 Å². The summed E-state index contributed by atoms with van der Waals surface area (Å²) in [6, 6.07) is 6.10. The number of aliphatic imine (C=N–C) groups is 1. The number of nitrogens with zero attached hydrogens (tertiary/aromatic N) is 1. The lowest BCUT2D eigenvalue weighted by Gasteiger charge is -2.12. The Balaban J connectivity index is 2.12. The molecule has 0 aliphatic carbocycles. The molecule has 21 heavy (non-hydrogen) atoms. The topological polar surface area (TPSA) is 54.9 Å². The van der Waals surface area contributed by atoms with Crippen LogP contribution in [0.5, 0.6) is 5.75 Å². The summed E-state index contributed by atoms with van der Waals surface area (Å²) in [5.41, 5.74) is 0. The summed E-state index contributed by atoms with van der Waals surface area (Å²) < 4.78 is 23.6. The van der Waals surface area contributed by atoms with Crippen LogP contribution in [0.25, 0.3) is 0 Å². The average Bonchev–Trinajstić information content (AvgIpc) is 2.49. The van der Waals surface area contributed by atoms with Gasteiger partial charge in [0.1, 0.15) is 18.2 Å². The maximum Gasteiger partial charge on any atom is 0.191 e. The molecule has 0 aromatic heterocycles. The van der Waals surface area contributed by atoms with Gasteiger partial charge in [0.05, 0.1) is 6.54 Å². The SMILES string of the molecule is CCOCCCNC(=NC)NCCOc1cccc(F)c1. The van der Waals surface area contributed by atoms with E-state index in [0.717, 1.165) is 26.2 Å².